The molecular weight excluding hydrogens is 1190 g/mol. The molecule has 4 heterocycles. The van der Waals surface area contributed by atoms with Gasteiger partial charge in [0.15, 0.2) is 15.6 Å². The second kappa shape index (κ2) is 30.9. The molecule has 24 nitrogen and oxygen atoms in total. The number of unbranched alkanes of at least 4 members (excludes halogenated alkanes) is 3. The molecule has 0 radical (unpaired) electrons. The number of amides is 8. The zero-order chi connectivity index (χ0) is 65.7. The first-order valence-electron chi connectivity index (χ1n) is 30.0. The van der Waals surface area contributed by atoms with E-state index in [0.29, 0.717) is 54.7 Å². The van der Waals surface area contributed by atoms with Crippen molar-refractivity contribution in [2.75, 3.05) is 50.7 Å². The third-order valence-corrected chi connectivity index (χ3v) is 19.2. The van der Waals surface area contributed by atoms with E-state index in [9.17, 15) is 56.7 Å². The molecule has 8 amide bonds. The number of alkyl carbamates (subject to hydrolysis) is 1. The zero-order valence-corrected chi connectivity index (χ0v) is 53.9. The van der Waals surface area contributed by atoms with Crippen molar-refractivity contribution in [3.63, 3.8) is 0 Å². The molecule has 0 saturated carbocycles. The van der Waals surface area contributed by atoms with Crippen molar-refractivity contribution in [1.82, 2.24) is 25.8 Å². The number of epoxide rings is 1. The largest absolute Gasteiger partial charge is 0.495 e. The maximum absolute atomic E-state index is 14.4. The summed E-state index contributed by atoms with van der Waals surface area (Å²) in [5, 5.41) is 19.8. The van der Waals surface area contributed by atoms with E-state index in [0.717, 1.165) is 20.9 Å². The number of esters is 1. The van der Waals surface area contributed by atoms with Gasteiger partial charge in [0.25, 0.3) is 11.8 Å². The fraction of sp³-hybridized carbons (Fsp3) is 0.571. The second-order valence-corrected chi connectivity index (χ2v) is 26.8. The minimum absolute atomic E-state index is 0.0182. The van der Waals surface area contributed by atoms with E-state index in [1.165, 1.54) is 45.2 Å². The molecule has 488 valence electrons. The molecule has 0 aromatic heterocycles. The van der Waals surface area contributed by atoms with Crippen LogP contribution in [0.25, 0.3) is 0 Å². The molecule has 89 heavy (non-hydrogen) atoms. The molecule has 2 aromatic carbocycles. The summed E-state index contributed by atoms with van der Waals surface area (Å²) in [6.07, 6.45) is 5.42. The molecule has 0 aliphatic carbocycles. The SMILES string of the molecule is COc1cc2cc(c1Cl)N(C)C(=O)CC(OC(=O)[C@H](C)N(C)C(=O)OCc1ccc(CC(=O)[C@H](CCCNC(N)=O)NC(=O)[C@@H](CS(=O)(=O)CCCCCCN3C(=O)C=CC3=O)C(C)C)cc1)C1(C)OC1C(C)C1CC(O)(NC(=O)O1)C(C)/C=C/C=C(\C)C2. The first kappa shape index (κ1) is 70.7. The van der Waals surface area contributed by atoms with Crippen LogP contribution in [0.15, 0.2) is 72.4 Å². The number of ketones is 1. The summed E-state index contributed by atoms with van der Waals surface area (Å²) >= 11 is 6.83. The Bertz CT molecular complexity index is 3160. The fourth-order valence-electron chi connectivity index (χ4n) is 11.0. The third-order valence-electron chi connectivity index (χ3n) is 17.1. The van der Waals surface area contributed by atoms with Crippen LogP contribution in [0.5, 0.6) is 5.75 Å². The molecular formula is C63H86ClN7O17S. The number of benzene rings is 2. The normalized spacial score (nSPS) is 24.9. The van der Waals surface area contributed by atoms with Crippen molar-refractivity contribution in [2.24, 2.45) is 29.4 Å². The number of hydrogen-bond donors (Lipinski definition) is 5. The van der Waals surface area contributed by atoms with Crippen molar-refractivity contribution in [3.8, 4) is 5.75 Å². The number of likely N-dealkylation sites (N-methyl/N-ethyl adjacent to an activating group) is 1. The quantitative estimate of drug-likeness (QED) is 0.0244. The Balaban J connectivity index is 1.08. The van der Waals surface area contributed by atoms with E-state index in [1.807, 2.05) is 13.0 Å². The number of sulfone groups is 1. The minimum Gasteiger partial charge on any atom is -0.495 e. The number of carbonyl (C=O) groups is 9. The number of nitrogens with one attached hydrogen (secondary N) is 3. The molecule has 6 N–H and O–H groups in total. The Labute approximate surface area is 525 Å². The van der Waals surface area contributed by atoms with Gasteiger partial charge in [0.1, 0.15) is 47.0 Å². The Morgan fingerprint density at radius 3 is 2.29 bits per heavy atom. The summed E-state index contributed by atoms with van der Waals surface area (Å²) in [5.41, 5.74) is 5.29. The van der Waals surface area contributed by atoms with Gasteiger partial charge in [0, 0.05) is 64.0 Å². The van der Waals surface area contributed by atoms with Gasteiger partial charge >= 0.3 is 24.2 Å². The summed E-state index contributed by atoms with van der Waals surface area (Å²) in [5.74, 6) is -6.02. The van der Waals surface area contributed by atoms with Crippen LogP contribution in [0.2, 0.25) is 5.02 Å². The lowest BCUT2D eigenvalue weighted by Crippen LogP contribution is -2.60. The number of primary amides is 1. The molecule has 2 saturated heterocycles. The molecule has 4 aliphatic rings. The number of nitrogens with two attached hydrogens (primary N) is 1. The summed E-state index contributed by atoms with van der Waals surface area (Å²) in [7, 11) is 0.610. The van der Waals surface area contributed by atoms with Gasteiger partial charge < -0.3 is 50.1 Å². The number of hydrogen-bond acceptors (Lipinski definition) is 17. The molecule has 26 heteroatoms. The van der Waals surface area contributed by atoms with Crippen LogP contribution in [0.3, 0.4) is 0 Å². The number of imide groups is 1. The van der Waals surface area contributed by atoms with Crippen molar-refractivity contribution in [1.29, 1.82) is 0 Å². The zero-order valence-electron chi connectivity index (χ0n) is 52.3. The molecule has 10 atom stereocenters. The Hall–Kier alpha value is -7.35. The number of aliphatic hydroxyl groups is 1. The van der Waals surface area contributed by atoms with E-state index >= 15 is 0 Å². The minimum atomic E-state index is -3.73. The highest BCUT2D eigenvalue weighted by atomic mass is 35.5. The van der Waals surface area contributed by atoms with Gasteiger partial charge in [0.05, 0.1) is 48.8 Å². The molecule has 0 spiro atoms. The summed E-state index contributed by atoms with van der Waals surface area (Å²) < 4.78 is 56.1. The highest BCUT2D eigenvalue weighted by molar-refractivity contribution is 7.91. The maximum atomic E-state index is 14.4. The topological polar surface area (TPSA) is 329 Å². The van der Waals surface area contributed by atoms with E-state index < -0.39 is 123 Å². The number of rotatable bonds is 25. The van der Waals surface area contributed by atoms with Crippen LogP contribution in [-0.2, 0) is 77.0 Å². The van der Waals surface area contributed by atoms with Gasteiger partial charge in [-0.2, -0.15) is 0 Å². The lowest BCUT2D eigenvalue weighted by molar-refractivity contribution is -0.158. The predicted molar refractivity (Wildman–Crippen MR) is 330 cm³/mol. The first-order chi connectivity index (χ1) is 41.9. The summed E-state index contributed by atoms with van der Waals surface area (Å²) in [4.78, 5) is 122. The number of halogens is 1. The van der Waals surface area contributed by atoms with E-state index in [-0.39, 0.29) is 73.8 Å². The Morgan fingerprint density at radius 1 is 0.978 bits per heavy atom. The van der Waals surface area contributed by atoms with Gasteiger partial charge in [-0.25, -0.2) is 27.6 Å². The van der Waals surface area contributed by atoms with Crippen molar-refractivity contribution in [3.05, 3.63) is 94.1 Å². The van der Waals surface area contributed by atoms with Gasteiger partial charge in [-0.1, -0.05) is 100 Å². The maximum Gasteiger partial charge on any atom is 0.410 e. The number of fused-ring (bicyclic) bond motifs is 5. The van der Waals surface area contributed by atoms with Crippen LogP contribution < -0.4 is 31.3 Å². The predicted octanol–water partition coefficient (Wildman–Crippen LogP) is 6.16. The van der Waals surface area contributed by atoms with Crippen molar-refractivity contribution < 1.29 is 80.4 Å². The van der Waals surface area contributed by atoms with E-state index in [1.54, 1.807) is 83.2 Å². The third kappa shape index (κ3) is 19.1. The van der Waals surface area contributed by atoms with E-state index in [2.05, 4.69) is 16.0 Å². The van der Waals surface area contributed by atoms with Crippen LogP contribution in [0, 0.1) is 23.7 Å². The smallest absolute Gasteiger partial charge is 0.410 e. The lowest BCUT2D eigenvalue weighted by atomic mass is 9.82. The van der Waals surface area contributed by atoms with Gasteiger partial charge in [-0.3, -0.25) is 39.1 Å². The van der Waals surface area contributed by atoms with Gasteiger partial charge in [-0.15, -0.1) is 0 Å². The number of nitrogens with zero attached hydrogens (tertiary/aromatic N) is 3. The number of urea groups is 1. The molecule has 2 fully saturated rings. The number of Topliss-reactive ketones (excluding diaryl/α,β-unsaturated/α-hetero) is 1. The number of anilines is 1. The van der Waals surface area contributed by atoms with Crippen molar-refractivity contribution >= 4 is 80.7 Å². The molecule has 6 rings (SSSR count). The van der Waals surface area contributed by atoms with Crippen LogP contribution in [0.4, 0.5) is 20.1 Å². The van der Waals surface area contributed by atoms with E-state index in [4.69, 9.17) is 41.0 Å². The van der Waals surface area contributed by atoms with Gasteiger partial charge in [-0.05, 0) is 87.6 Å². The monoisotopic (exact) mass is 1280 g/mol. The first-order valence-corrected chi connectivity index (χ1v) is 32.2. The number of ether oxygens (including phenoxy) is 5. The fourth-order valence-corrected chi connectivity index (χ4v) is 13.2. The van der Waals surface area contributed by atoms with Crippen LogP contribution >= 0.6 is 11.6 Å². The average molecular weight is 1280 g/mol. The summed E-state index contributed by atoms with van der Waals surface area (Å²) in [6.45, 7) is 12.1. The van der Waals surface area contributed by atoms with Crippen LogP contribution in [0.1, 0.15) is 117 Å². The molecule has 4 aliphatic heterocycles. The molecule has 4 bridgehead atoms. The summed E-state index contributed by atoms with van der Waals surface area (Å²) in [6, 6.07) is 6.99. The number of allylic oxidation sites excluding steroid dienone is 3. The lowest BCUT2D eigenvalue weighted by Gasteiger charge is -2.41. The highest BCUT2D eigenvalue weighted by Crippen LogP contribution is 2.49. The molecule has 2 aromatic rings. The molecule has 7 unspecified atom stereocenters. The highest BCUT2D eigenvalue weighted by Gasteiger charge is 2.64. The second-order valence-electron chi connectivity index (χ2n) is 24.2. The van der Waals surface area contributed by atoms with Crippen LogP contribution in [-0.4, -0.2) is 164 Å². The van der Waals surface area contributed by atoms with Gasteiger partial charge in [0.2, 0.25) is 11.8 Å². The standard InChI is InChI=1S/C63H86ClN7O17S/c1-37(2)45(36-89(82,83)28-14-12-11-13-27-71-52(73)24-25-53(71)74)57(76)67-46(19-16-26-66-59(65)78)48(72)31-42-20-22-43(23-21-42)35-85-61(80)69(8)41(6)58(77)87-51-33-54(75)70(9)47-30-44(32-49(84-10)55(47)64)29-38(3)17-15-18-39(4)63(81)34-50(86-60(79)68-63)40(5)56-62(51,7)88-56/h15,17-18,20-25,30,32,37,39-41,45-46,50-51,56,81H,11-14,16,19,26-29,31,33-36H2,1-10H3,(H,67,76)(H,68,79)(H3,65,66,78)/b18-15+,38-17+/t39?,40?,41-,45-,46-,50?,51?,56?,62?,63?/m0/s1. The van der Waals surface area contributed by atoms with Crippen molar-refractivity contribution in [2.45, 2.75) is 161 Å². The Morgan fingerprint density at radius 2 is 1.64 bits per heavy atom. The number of methoxy groups -OCH3 is 1. The number of carbonyl (C=O) groups excluding carboxylic acids is 9. The average Bonchev–Trinajstić information content (AvgIpc) is 1.60. The Kier molecular flexibility index (Phi) is 24.6.